The third-order valence-electron chi connectivity index (χ3n) is 5.14. The monoisotopic (exact) mass is 498 g/mol. The van der Waals surface area contributed by atoms with Crippen LogP contribution in [0.15, 0.2) is 39.4 Å². The van der Waals surface area contributed by atoms with Gasteiger partial charge in [-0.15, -0.1) is 11.3 Å². The predicted octanol–water partition coefficient (Wildman–Crippen LogP) is 2.99. The van der Waals surface area contributed by atoms with Crippen LogP contribution < -0.4 is 24.8 Å². The second-order valence-corrected chi connectivity index (χ2v) is 10.0. The lowest BCUT2D eigenvalue weighted by Crippen LogP contribution is -2.25. The average Bonchev–Trinajstić information content (AvgIpc) is 3.53. The first-order valence-corrected chi connectivity index (χ1v) is 12.6. The zero-order chi connectivity index (χ0) is 23.9. The van der Waals surface area contributed by atoms with Crippen LogP contribution in [0.3, 0.4) is 0 Å². The van der Waals surface area contributed by atoms with Gasteiger partial charge in [-0.25, -0.2) is 4.98 Å². The number of nitrogens with one attached hydrogen (secondary N) is 2. The molecule has 0 unspecified atom stereocenters. The van der Waals surface area contributed by atoms with Gasteiger partial charge in [-0.05, 0) is 62.7 Å². The highest BCUT2D eigenvalue weighted by molar-refractivity contribution is 7.16. The molecule has 9 nitrogen and oxygen atoms in total. The Kier molecular flexibility index (Phi) is 7.99. The molecule has 2 N–H and O–H groups in total. The first-order valence-electron chi connectivity index (χ1n) is 11.0. The van der Waals surface area contributed by atoms with Crippen molar-refractivity contribution in [3.63, 3.8) is 0 Å². The number of azo groups is 1. The number of anilines is 1. The molecule has 1 aromatic carbocycles. The van der Waals surface area contributed by atoms with Crippen molar-refractivity contribution in [3.05, 3.63) is 54.4 Å². The molecule has 178 valence electrons. The van der Waals surface area contributed by atoms with E-state index >= 15 is 0 Å². The topological polar surface area (TPSA) is 112 Å². The van der Waals surface area contributed by atoms with Gasteiger partial charge in [-0.1, -0.05) is 11.3 Å². The van der Waals surface area contributed by atoms with Crippen LogP contribution in [0.2, 0.25) is 0 Å². The molecule has 0 atom stereocenters. The number of aromatic nitrogens is 2. The Bertz CT molecular complexity index is 1350. The van der Waals surface area contributed by atoms with Crippen molar-refractivity contribution in [2.45, 2.75) is 26.7 Å². The summed E-state index contributed by atoms with van der Waals surface area (Å²) in [5, 5.41) is 11.5. The standard InChI is InChI=1S/C23H26N6O3S2/c1-15-11-17(32-10-9-29-7-3-4-8-29)5-6-19(15)28-25-14-21-27-22(31)20(34-21)12-18-13-24-23(33-18)26-16(2)30/h5-6,11-14H,3-4,7-10H2,1-2H3,(H,27,31)(H,24,26,30). The quantitative estimate of drug-likeness (QED) is 0.464. The van der Waals surface area contributed by atoms with E-state index in [1.54, 1.807) is 12.3 Å². The Hall–Kier alpha value is -3.15. The molecule has 4 rings (SSSR count). The summed E-state index contributed by atoms with van der Waals surface area (Å²) in [4.78, 5) is 33.5. The maximum Gasteiger partial charge on any atom is 0.266 e. The second kappa shape index (κ2) is 11.3. The van der Waals surface area contributed by atoms with Gasteiger partial charge in [-0.3, -0.25) is 14.5 Å². The van der Waals surface area contributed by atoms with Crippen molar-refractivity contribution >= 4 is 51.7 Å². The summed E-state index contributed by atoms with van der Waals surface area (Å²) in [5.41, 5.74) is 1.49. The highest BCUT2D eigenvalue weighted by Crippen LogP contribution is 2.24. The molecule has 1 aliphatic heterocycles. The fraction of sp³-hybridized carbons (Fsp3) is 0.348. The molecule has 0 spiro atoms. The van der Waals surface area contributed by atoms with E-state index in [9.17, 15) is 9.59 Å². The summed E-state index contributed by atoms with van der Waals surface area (Å²) in [6, 6.07) is 5.74. The highest BCUT2D eigenvalue weighted by Gasteiger charge is 2.11. The number of thiazole rings is 2. The molecule has 2 aromatic heterocycles. The van der Waals surface area contributed by atoms with Crippen LogP contribution in [0, 0.1) is 6.92 Å². The van der Waals surface area contributed by atoms with E-state index in [1.807, 2.05) is 25.1 Å². The van der Waals surface area contributed by atoms with Crippen molar-refractivity contribution in [1.82, 2.24) is 14.9 Å². The van der Waals surface area contributed by atoms with Gasteiger partial charge in [0.1, 0.15) is 17.0 Å². The van der Waals surface area contributed by atoms with Gasteiger partial charge >= 0.3 is 0 Å². The van der Waals surface area contributed by atoms with Gasteiger partial charge in [0.15, 0.2) is 5.13 Å². The van der Waals surface area contributed by atoms with Gasteiger partial charge in [-0.2, -0.15) is 10.2 Å². The van der Waals surface area contributed by atoms with Gasteiger partial charge in [0.2, 0.25) is 5.91 Å². The van der Waals surface area contributed by atoms with Crippen molar-refractivity contribution in [3.8, 4) is 5.75 Å². The number of likely N-dealkylation sites (tertiary alicyclic amines) is 1. The lowest BCUT2D eigenvalue weighted by molar-refractivity contribution is -0.114. The zero-order valence-corrected chi connectivity index (χ0v) is 20.7. The number of benzene rings is 1. The van der Waals surface area contributed by atoms with Crippen molar-refractivity contribution in [2.24, 2.45) is 10.2 Å². The van der Waals surface area contributed by atoms with E-state index in [0.717, 1.165) is 41.5 Å². The van der Waals surface area contributed by atoms with E-state index in [-0.39, 0.29) is 11.5 Å². The summed E-state index contributed by atoms with van der Waals surface area (Å²) < 4.78 is 6.98. The number of carbonyl (C=O) groups is 1. The maximum atomic E-state index is 12.3. The number of rotatable bonds is 8. The van der Waals surface area contributed by atoms with Crippen molar-refractivity contribution < 1.29 is 9.53 Å². The van der Waals surface area contributed by atoms with Crippen LogP contribution in [-0.4, -0.2) is 47.0 Å². The molecule has 0 bridgehead atoms. The maximum absolute atomic E-state index is 12.3. The number of nitrogens with zero attached hydrogens (tertiary/aromatic N) is 4. The van der Waals surface area contributed by atoms with E-state index in [1.165, 1.54) is 48.6 Å². The minimum Gasteiger partial charge on any atom is -0.492 e. The molecule has 3 aromatic rings. The third-order valence-corrected chi connectivity index (χ3v) is 6.95. The van der Waals surface area contributed by atoms with Crippen molar-refractivity contribution in [2.75, 3.05) is 31.6 Å². The first-order chi connectivity index (χ1) is 16.5. The molecular weight excluding hydrogens is 472 g/mol. The van der Waals surface area contributed by atoms with Crippen LogP contribution in [0.5, 0.6) is 5.75 Å². The number of hydrogen-bond donors (Lipinski definition) is 2. The Balaban J connectivity index is 1.39. The molecule has 1 fully saturated rings. The van der Waals surface area contributed by atoms with Crippen LogP contribution in [0.25, 0.3) is 12.3 Å². The molecule has 0 saturated carbocycles. The van der Waals surface area contributed by atoms with E-state index in [2.05, 4.69) is 30.4 Å². The molecule has 11 heteroatoms. The van der Waals surface area contributed by atoms with E-state index in [4.69, 9.17) is 4.74 Å². The number of amides is 1. The minimum atomic E-state index is -0.215. The molecule has 0 aliphatic carbocycles. The fourth-order valence-electron chi connectivity index (χ4n) is 3.48. The van der Waals surface area contributed by atoms with Crippen LogP contribution >= 0.6 is 22.7 Å². The number of ether oxygens (including phenoxy) is 1. The smallest absolute Gasteiger partial charge is 0.266 e. The normalized spacial score (nSPS) is 15.5. The Morgan fingerprint density at radius 1 is 1.32 bits per heavy atom. The summed E-state index contributed by atoms with van der Waals surface area (Å²) in [6.45, 7) is 7.34. The molecule has 1 aliphatic rings. The molecule has 0 radical (unpaired) electrons. The predicted molar refractivity (Wildman–Crippen MR) is 136 cm³/mol. The Morgan fingerprint density at radius 2 is 2.15 bits per heavy atom. The first kappa shape index (κ1) is 24.0. The molecule has 3 heterocycles. The average molecular weight is 499 g/mol. The molecule has 34 heavy (non-hydrogen) atoms. The van der Waals surface area contributed by atoms with Gasteiger partial charge in [0, 0.05) is 19.7 Å². The van der Waals surface area contributed by atoms with E-state index in [0.29, 0.717) is 20.9 Å². The second-order valence-electron chi connectivity index (χ2n) is 7.87. The molecular formula is C23H26N6O3S2. The third kappa shape index (κ3) is 6.69. The van der Waals surface area contributed by atoms with Crippen LogP contribution in [0.4, 0.5) is 10.8 Å². The summed E-state index contributed by atoms with van der Waals surface area (Å²) >= 11 is 2.57. The molecule has 1 saturated heterocycles. The van der Waals surface area contributed by atoms with Crippen LogP contribution in [0.1, 0.15) is 30.2 Å². The summed E-state index contributed by atoms with van der Waals surface area (Å²) in [5.74, 6) is 0.638. The van der Waals surface area contributed by atoms with Crippen LogP contribution in [-0.2, 0) is 4.79 Å². The Morgan fingerprint density at radius 3 is 2.91 bits per heavy atom. The lowest BCUT2D eigenvalue weighted by Gasteiger charge is -2.15. The highest BCUT2D eigenvalue weighted by atomic mass is 32.1. The van der Waals surface area contributed by atoms with Gasteiger partial charge in [0.05, 0.1) is 21.3 Å². The number of aromatic amines is 1. The number of H-pyrrole nitrogens is 1. The largest absolute Gasteiger partial charge is 0.492 e. The Labute approximate surface area is 204 Å². The minimum absolute atomic E-state index is 0.188. The summed E-state index contributed by atoms with van der Waals surface area (Å²) in [6.07, 6.45) is 7.43. The van der Waals surface area contributed by atoms with Gasteiger partial charge in [0.25, 0.3) is 5.56 Å². The number of hydrogen-bond acceptors (Lipinski definition) is 9. The SMILES string of the molecule is CC(=O)Nc1ncc(C=c2sc(=CN=Nc3ccc(OCCN4CCCC4)cc3C)[nH]c2=O)s1. The van der Waals surface area contributed by atoms with Crippen molar-refractivity contribution in [1.29, 1.82) is 0 Å². The number of carbonyl (C=O) groups excluding carboxylic acids is 1. The summed E-state index contributed by atoms with van der Waals surface area (Å²) in [7, 11) is 0. The fourth-order valence-corrected chi connectivity index (χ4v) is 5.17. The number of aryl methyl sites for hydroxylation is 1. The lowest BCUT2D eigenvalue weighted by atomic mass is 10.2. The zero-order valence-electron chi connectivity index (χ0n) is 19.0. The van der Waals surface area contributed by atoms with Gasteiger partial charge < -0.3 is 15.0 Å². The molecule has 1 amide bonds. The van der Waals surface area contributed by atoms with E-state index < -0.39 is 0 Å².